The quantitative estimate of drug-likeness (QED) is 0.821. The molecule has 3 unspecified atom stereocenters. The van der Waals surface area contributed by atoms with Crippen molar-refractivity contribution in [1.29, 1.82) is 0 Å². The maximum atomic E-state index is 6.03. The number of morpholine rings is 1. The summed E-state index contributed by atoms with van der Waals surface area (Å²) in [5.74, 6) is 1.72. The summed E-state index contributed by atoms with van der Waals surface area (Å²) in [5, 5.41) is 0. The van der Waals surface area contributed by atoms with Gasteiger partial charge in [0.05, 0.1) is 11.7 Å². The van der Waals surface area contributed by atoms with E-state index in [0.29, 0.717) is 6.54 Å². The predicted molar refractivity (Wildman–Crippen MR) is 75.5 cm³/mol. The Labute approximate surface area is 112 Å². The smallest absolute Gasteiger partial charge is 0.0831 e. The Balaban J connectivity index is 2.02. The van der Waals surface area contributed by atoms with E-state index in [0.717, 1.165) is 31.0 Å². The Morgan fingerprint density at radius 1 is 1.17 bits per heavy atom. The second-order valence-corrected chi connectivity index (χ2v) is 7.24. The number of hydrogen-bond acceptors (Lipinski definition) is 3. The van der Waals surface area contributed by atoms with Crippen LogP contribution in [0, 0.1) is 11.8 Å². The summed E-state index contributed by atoms with van der Waals surface area (Å²) in [6.07, 6.45) is 4.29. The largest absolute Gasteiger partial charge is 0.368 e. The molecule has 3 atom stereocenters. The fraction of sp³-hybridized carbons (Fsp3) is 1.00. The van der Waals surface area contributed by atoms with E-state index in [4.69, 9.17) is 10.5 Å². The first kappa shape index (κ1) is 14.3. The van der Waals surface area contributed by atoms with Crippen LogP contribution in [-0.2, 0) is 4.74 Å². The summed E-state index contributed by atoms with van der Waals surface area (Å²) in [6.45, 7) is 11.9. The molecule has 2 aliphatic rings. The molecule has 0 radical (unpaired) electrons. The first-order valence-corrected chi connectivity index (χ1v) is 7.51. The van der Waals surface area contributed by atoms with Crippen molar-refractivity contribution in [2.45, 2.75) is 64.7 Å². The summed E-state index contributed by atoms with van der Waals surface area (Å²) in [6, 6.07) is 0.737. The minimum absolute atomic E-state index is 0.0494. The van der Waals surface area contributed by atoms with Crippen molar-refractivity contribution in [2.75, 3.05) is 19.6 Å². The zero-order valence-corrected chi connectivity index (χ0v) is 12.5. The van der Waals surface area contributed by atoms with Crippen LogP contribution in [0.2, 0.25) is 0 Å². The van der Waals surface area contributed by atoms with Crippen LogP contribution >= 0.6 is 0 Å². The van der Waals surface area contributed by atoms with Crippen LogP contribution in [0.5, 0.6) is 0 Å². The van der Waals surface area contributed by atoms with E-state index in [2.05, 4.69) is 32.6 Å². The molecule has 0 spiro atoms. The molecule has 0 amide bonds. The summed E-state index contributed by atoms with van der Waals surface area (Å²) in [7, 11) is 0. The van der Waals surface area contributed by atoms with Crippen molar-refractivity contribution in [3.05, 3.63) is 0 Å². The maximum Gasteiger partial charge on any atom is 0.0831 e. The van der Waals surface area contributed by atoms with Crippen molar-refractivity contribution in [2.24, 2.45) is 17.6 Å². The van der Waals surface area contributed by atoms with Crippen LogP contribution in [0.25, 0.3) is 0 Å². The van der Waals surface area contributed by atoms with Gasteiger partial charge in [-0.3, -0.25) is 4.90 Å². The van der Waals surface area contributed by atoms with Gasteiger partial charge < -0.3 is 10.5 Å². The molecular weight excluding hydrogens is 224 g/mol. The standard InChI is InChI=1S/C15H30N2O/c1-11-5-12(2)7-13(6-11)17-9-14(8-16)18-15(3,4)10-17/h11-14H,5-10,16H2,1-4H3. The van der Waals surface area contributed by atoms with E-state index >= 15 is 0 Å². The second-order valence-electron chi connectivity index (χ2n) is 7.24. The first-order chi connectivity index (χ1) is 8.39. The molecule has 1 saturated carbocycles. The molecule has 0 bridgehead atoms. The number of nitrogens with two attached hydrogens (primary N) is 1. The molecular formula is C15H30N2O. The van der Waals surface area contributed by atoms with Crippen LogP contribution < -0.4 is 5.73 Å². The minimum Gasteiger partial charge on any atom is -0.368 e. The normalized spacial score (nSPS) is 41.8. The molecule has 1 aliphatic heterocycles. The Hall–Kier alpha value is -0.120. The van der Waals surface area contributed by atoms with Crippen LogP contribution in [0.4, 0.5) is 0 Å². The lowest BCUT2D eigenvalue weighted by Crippen LogP contribution is -2.58. The molecule has 106 valence electrons. The van der Waals surface area contributed by atoms with Crippen LogP contribution in [0.3, 0.4) is 0 Å². The molecule has 0 aromatic rings. The molecule has 0 aromatic carbocycles. The molecule has 2 fully saturated rings. The highest BCUT2D eigenvalue weighted by Crippen LogP contribution is 2.34. The van der Waals surface area contributed by atoms with E-state index in [1.54, 1.807) is 0 Å². The highest BCUT2D eigenvalue weighted by Gasteiger charge is 2.37. The molecule has 1 aliphatic carbocycles. The third-order valence-corrected chi connectivity index (χ3v) is 4.44. The first-order valence-electron chi connectivity index (χ1n) is 7.51. The van der Waals surface area contributed by atoms with Crippen LogP contribution in [0.15, 0.2) is 0 Å². The Kier molecular flexibility index (Phi) is 4.35. The zero-order chi connectivity index (χ0) is 13.3. The maximum absolute atomic E-state index is 6.03. The van der Waals surface area contributed by atoms with Gasteiger partial charge in [0.25, 0.3) is 0 Å². The number of rotatable bonds is 2. The average molecular weight is 254 g/mol. The topological polar surface area (TPSA) is 38.5 Å². The van der Waals surface area contributed by atoms with Crippen molar-refractivity contribution < 1.29 is 4.74 Å². The summed E-state index contributed by atoms with van der Waals surface area (Å²) in [5.41, 5.74) is 5.77. The molecule has 1 heterocycles. The van der Waals surface area contributed by atoms with E-state index in [-0.39, 0.29) is 11.7 Å². The van der Waals surface area contributed by atoms with E-state index < -0.39 is 0 Å². The Morgan fingerprint density at radius 2 is 1.78 bits per heavy atom. The predicted octanol–water partition coefficient (Wildman–Crippen LogP) is 2.25. The molecule has 3 heteroatoms. The van der Waals surface area contributed by atoms with E-state index in [1.165, 1.54) is 19.3 Å². The van der Waals surface area contributed by atoms with Crippen LogP contribution in [-0.4, -0.2) is 42.3 Å². The molecule has 1 saturated heterocycles. The zero-order valence-electron chi connectivity index (χ0n) is 12.5. The van der Waals surface area contributed by atoms with Crippen molar-refractivity contribution in [3.8, 4) is 0 Å². The molecule has 2 N–H and O–H groups in total. The van der Waals surface area contributed by atoms with Gasteiger partial charge in [0, 0.05) is 25.7 Å². The van der Waals surface area contributed by atoms with Gasteiger partial charge in [-0.15, -0.1) is 0 Å². The Bertz CT molecular complexity index is 270. The number of ether oxygens (including phenoxy) is 1. The monoisotopic (exact) mass is 254 g/mol. The van der Waals surface area contributed by atoms with Gasteiger partial charge >= 0.3 is 0 Å². The lowest BCUT2D eigenvalue weighted by atomic mass is 9.79. The lowest BCUT2D eigenvalue weighted by Gasteiger charge is -2.48. The van der Waals surface area contributed by atoms with Crippen LogP contribution in [0.1, 0.15) is 47.0 Å². The van der Waals surface area contributed by atoms with E-state index in [1.807, 2.05) is 0 Å². The summed E-state index contributed by atoms with van der Waals surface area (Å²) in [4.78, 5) is 2.65. The van der Waals surface area contributed by atoms with Gasteiger partial charge in [-0.1, -0.05) is 13.8 Å². The fourth-order valence-corrected chi connectivity index (χ4v) is 3.94. The fourth-order valence-electron chi connectivity index (χ4n) is 3.94. The summed E-state index contributed by atoms with van der Waals surface area (Å²) >= 11 is 0. The van der Waals surface area contributed by atoms with Gasteiger partial charge in [-0.25, -0.2) is 0 Å². The van der Waals surface area contributed by atoms with Crippen molar-refractivity contribution >= 4 is 0 Å². The van der Waals surface area contributed by atoms with E-state index in [9.17, 15) is 0 Å². The summed E-state index contributed by atoms with van der Waals surface area (Å²) < 4.78 is 6.03. The second kappa shape index (κ2) is 5.48. The molecule has 3 nitrogen and oxygen atoms in total. The molecule has 18 heavy (non-hydrogen) atoms. The number of nitrogens with zero attached hydrogens (tertiary/aromatic N) is 1. The van der Waals surface area contributed by atoms with Crippen molar-refractivity contribution in [3.63, 3.8) is 0 Å². The average Bonchev–Trinajstić information content (AvgIpc) is 2.25. The van der Waals surface area contributed by atoms with Crippen molar-refractivity contribution in [1.82, 2.24) is 4.90 Å². The molecule has 0 aromatic heterocycles. The minimum atomic E-state index is -0.0494. The van der Waals surface area contributed by atoms with Gasteiger partial charge in [-0.05, 0) is 44.9 Å². The molecule has 2 rings (SSSR count). The lowest BCUT2D eigenvalue weighted by molar-refractivity contribution is -0.145. The highest BCUT2D eigenvalue weighted by molar-refractivity contribution is 4.90. The third kappa shape index (κ3) is 3.46. The highest BCUT2D eigenvalue weighted by atomic mass is 16.5. The van der Waals surface area contributed by atoms with Gasteiger partial charge in [-0.2, -0.15) is 0 Å². The third-order valence-electron chi connectivity index (χ3n) is 4.44. The van der Waals surface area contributed by atoms with Gasteiger partial charge in [0.15, 0.2) is 0 Å². The number of hydrogen-bond donors (Lipinski definition) is 1. The SMILES string of the molecule is CC1CC(C)CC(N2CC(CN)OC(C)(C)C2)C1. The van der Waals surface area contributed by atoms with Gasteiger partial charge in [0.1, 0.15) is 0 Å². The Morgan fingerprint density at radius 3 is 2.33 bits per heavy atom. The van der Waals surface area contributed by atoms with Gasteiger partial charge in [0.2, 0.25) is 0 Å².